The molecule has 0 aliphatic heterocycles. The molecule has 4 heteroatoms. The van der Waals surface area contributed by atoms with Crippen molar-refractivity contribution in [2.75, 3.05) is 0 Å². The van der Waals surface area contributed by atoms with Crippen molar-refractivity contribution in [3.8, 4) is 0 Å². The van der Waals surface area contributed by atoms with E-state index in [9.17, 15) is 4.79 Å². The Morgan fingerprint density at radius 3 is 2.12 bits per heavy atom. The Morgan fingerprint density at radius 1 is 1.75 bits per heavy atom. The van der Waals surface area contributed by atoms with Gasteiger partial charge < -0.3 is 15.9 Å². The molecule has 0 aromatic heterocycles. The number of carbonyl (C=O) groups is 1. The molecule has 0 aliphatic carbocycles. The zero-order valence-electron chi connectivity index (χ0n) is 4.66. The van der Waals surface area contributed by atoms with Crippen LogP contribution < -0.4 is 5.73 Å². The van der Waals surface area contributed by atoms with Gasteiger partial charge in [-0.1, -0.05) is 0 Å². The predicted molar refractivity (Wildman–Crippen MR) is 26.0 cm³/mol. The third-order valence-corrected chi connectivity index (χ3v) is 0.900. The van der Waals surface area contributed by atoms with Crippen LogP contribution in [0.3, 0.4) is 0 Å². The van der Waals surface area contributed by atoms with Gasteiger partial charge in [0.1, 0.15) is 6.10 Å². The van der Waals surface area contributed by atoms with Crippen LogP contribution in [-0.4, -0.2) is 28.3 Å². The van der Waals surface area contributed by atoms with Gasteiger partial charge in [-0.25, -0.2) is 4.79 Å². The van der Waals surface area contributed by atoms with Crippen LogP contribution in [0.5, 0.6) is 0 Å². The fourth-order valence-electron chi connectivity index (χ4n) is 0.206. The van der Waals surface area contributed by atoms with Crippen molar-refractivity contribution in [1.29, 1.82) is 0 Å². The molecule has 48 valence electrons. The molecule has 0 aliphatic rings. The smallest absolute Gasteiger partial charge is 0.365 e. The van der Waals surface area contributed by atoms with Crippen molar-refractivity contribution < 1.29 is 20.7 Å². The molecule has 0 unspecified atom stereocenters. The predicted octanol–water partition coefficient (Wildman–Crippen LogP) is -1.94. The molecule has 0 bridgehead atoms. The number of quaternary nitrogens is 1. The normalized spacial score (nSPS) is 17.4. The summed E-state index contributed by atoms with van der Waals surface area (Å²) >= 11 is 0. The first kappa shape index (κ1) is 7.39. The van der Waals surface area contributed by atoms with Gasteiger partial charge in [0.05, 0.1) is 0 Å². The first-order valence-electron chi connectivity index (χ1n) is 2.29. The Hall–Kier alpha value is -0.610. The van der Waals surface area contributed by atoms with Crippen LogP contribution in [-0.2, 0) is 4.79 Å². The molecule has 0 fully saturated rings. The molecular formula is C4H10NO3+. The first-order valence-corrected chi connectivity index (χ1v) is 2.29. The van der Waals surface area contributed by atoms with E-state index in [4.69, 9.17) is 10.2 Å². The zero-order valence-corrected chi connectivity index (χ0v) is 4.66. The minimum absolute atomic E-state index is 0.868. The maximum Gasteiger partial charge on any atom is 0.365 e. The number of aliphatic carboxylic acids is 1. The number of carboxylic acid groups (broad SMARTS) is 1. The van der Waals surface area contributed by atoms with Crippen LogP contribution in [0, 0.1) is 0 Å². The topological polar surface area (TPSA) is 85.2 Å². The molecular weight excluding hydrogens is 110 g/mol. The van der Waals surface area contributed by atoms with Gasteiger partial charge in [0.2, 0.25) is 6.04 Å². The molecule has 2 atom stereocenters. The van der Waals surface area contributed by atoms with Crippen LogP contribution in [0.1, 0.15) is 6.92 Å². The Kier molecular flexibility index (Phi) is 2.44. The Morgan fingerprint density at radius 2 is 2.12 bits per heavy atom. The monoisotopic (exact) mass is 120 g/mol. The molecule has 5 N–H and O–H groups in total. The van der Waals surface area contributed by atoms with Gasteiger partial charge in [0, 0.05) is 0 Å². The highest BCUT2D eigenvalue weighted by atomic mass is 16.4. The van der Waals surface area contributed by atoms with Crippen LogP contribution in [0.4, 0.5) is 0 Å². The summed E-state index contributed by atoms with van der Waals surface area (Å²) in [6.45, 7) is 1.39. The summed E-state index contributed by atoms with van der Waals surface area (Å²) in [5.41, 5.74) is 3.19. The average molecular weight is 120 g/mol. The molecule has 0 saturated heterocycles. The summed E-state index contributed by atoms with van der Waals surface area (Å²) in [5, 5.41) is 16.7. The average Bonchev–Trinajstić information content (AvgIpc) is 1.64. The van der Waals surface area contributed by atoms with Gasteiger partial charge in [-0.3, -0.25) is 0 Å². The maximum absolute atomic E-state index is 9.92. The fourth-order valence-corrected chi connectivity index (χ4v) is 0.206. The van der Waals surface area contributed by atoms with Crippen molar-refractivity contribution in [3.63, 3.8) is 0 Å². The van der Waals surface area contributed by atoms with Gasteiger partial charge in [-0.05, 0) is 6.92 Å². The van der Waals surface area contributed by atoms with E-state index in [0.717, 1.165) is 0 Å². The number of rotatable bonds is 2. The lowest BCUT2D eigenvalue weighted by atomic mass is 10.2. The minimum Gasteiger partial charge on any atom is -0.477 e. The van der Waals surface area contributed by atoms with Crippen molar-refractivity contribution in [2.24, 2.45) is 0 Å². The zero-order chi connectivity index (χ0) is 6.73. The van der Waals surface area contributed by atoms with E-state index in [2.05, 4.69) is 5.73 Å². The van der Waals surface area contributed by atoms with E-state index in [1.165, 1.54) is 6.92 Å². The van der Waals surface area contributed by atoms with E-state index in [0.29, 0.717) is 0 Å². The highest BCUT2D eigenvalue weighted by Crippen LogP contribution is 1.83. The van der Waals surface area contributed by atoms with Crippen LogP contribution in [0.15, 0.2) is 0 Å². The van der Waals surface area contributed by atoms with Crippen molar-refractivity contribution in [2.45, 2.75) is 19.1 Å². The van der Waals surface area contributed by atoms with Crippen molar-refractivity contribution in [1.82, 2.24) is 0 Å². The molecule has 0 rings (SSSR count). The summed E-state index contributed by atoms with van der Waals surface area (Å²) in [4.78, 5) is 9.92. The van der Waals surface area contributed by atoms with E-state index < -0.39 is 18.1 Å². The number of carboxylic acids is 1. The van der Waals surface area contributed by atoms with Crippen molar-refractivity contribution >= 4 is 5.97 Å². The van der Waals surface area contributed by atoms with Gasteiger partial charge >= 0.3 is 5.97 Å². The molecule has 0 aromatic rings. The van der Waals surface area contributed by atoms with Gasteiger partial charge in [-0.2, -0.15) is 0 Å². The summed E-state index contributed by atoms with van der Waals surface area (Å²) < 4.78 is 0. The molecule has 0 saturated carbocycles. The second-order valence-corrected chi connectivity index (χ2v) is 1.69. The standard InChI is InChI=1S/C4H9NO3/c1-2(6)3(5)4(7)8/h2-3,6H,5H2,1H3,(H,7,8)/p+1/t2-,3-/m0/s1. The summed E-state index contributed by atoms with van der Waals surface area (Å²) in [6.07, 6.45) is -0.868. The Labute approximate surface area is 46.9 Å². The minimum atomic E-state index is -1.07. The Bertz CT molecular complexity index is 91.3. The second-order valence-electron chi connectivity index (χ2n) is 1.69. The summed E-state index contributed by atoms with van der Waals surface area (Å²) in [7, 11) is 0. The summed E-state index contributed by atoms with van der Waals surface area (Å²) in [5.74, 6) is -1.07. The molecule has 0 radical (unpaired) electrons. The lowest BCUT2D eigenvalue weighted by Gasteiger charge is -2.03. The highest BCUT2D eigenvalue weighted by Gasteiger charge is 2.20. The van der Waals surface area contributed by atoms with Crippen LogP contribution in [0.25, 0.3) is 0 Å². The molecule has 0 heterocycles. The van der Waals surface area contributed by atoms with Crippen LogP contribution >= 0.6 is 0 Å². The number of hydrogen-bond acceptors (Lipinski definition) is 2. The summed E-state index contributed by atoms with van der Waals surface area (Å²) in [6, 6.07) is -0.907. The van der Waals surface area contributed by atoms with Gasteiger partial charge in [0.15, 0.2) is 0 Å². The number of aliphatic hydroxyl groups excluding tert-OH is 1. The van der Waals surface area contributed by atoms with Crippen molar-refractivity contribution in [3.05, 3.63) is 0 Å². The number of hydrogen-bond donors (Lipinski definition) is 3. The maximum atomic E-state index is 9.92. The van der Waals surface area contributed by atoms with Gasteiger partial charge in [0.25, 0.3) is 0 Å². The van der Waals surface area contributed by atoms with E-state index in [-0.39, 0.29) is 0 Å². The van der Waals surface area contributed by atoms with Crippen LogP contribution in [0.2, 0.25) is 0 Å². The van der Waals surface area contributed by atoms with E-state index in [1.807, 2.05) is 0 Å². The molecule has 0 amide bonds. The molecule has 0 spiro atoms. The molecule has 4 nitrogen and oxygen atoms in total. The largest absolute Gasteiger partial charge is 0.477 e. The Balaban J connectivity index is 3.64. The highest BCUT2D eigenvalue weighted by molar-refractivity contribution is 5.72. The third-order valence-electron chi connectivity index (χ3n) is 0.900. The lowest BCUT2D eigenvalue weighted by molar-refractivity contribution is -0.423. The quantitative estimate of drug-likeness (QED) is 0.396. The lowest BCUT2D eigenvalue weighted by Crippen LogP contribution is -2.69. The fraction of sp³-hybridized carbons (Fsp3) is 0.750. The molecule has 0 aromatic carbocycles. The SMILES string of the molecule is C[C@H](O)[C@H]([NH3+])C(=O)O. The van der Waals surface area contributed by atoms with E-state index in [1.54, 1.807) is 0 Å². The third kappa shape index (κ3) is 1.90. The second kappa shape index (κ2) is 2.64. The van der Waals surface area contributed by atoms with Gasteiger partial charge in [-0.15, -0.1) is 0 Å². The first-order chi connectivity index (χ1) is 3.55. The molecule has 8 heavy (non-hydrogen) atoms. The number of aliphatic hydroxyl groups is 1. The van der Waals surface area contributed by atoms with E-state index >= 15 is 0 Å².